The first-order chi connectivity index (χ1) is 34.2. The molecule has 0 saturated carbocycles. The number of aromatic nitrogens is 6. The minimum absolute atomic E-state index is 0.581. The van der Waals surface area contributed by atoms with E-state index in [2.05, 4.69) is 196 Å². The number of fused-ring (bicyclic) bond motifs is 10. The molecule has 0 atom stereocenters. The molecule has 0 amide bonds. The van der Waals surface area contributed by atoms with Crippen molar-refractivity contribution in [3.05, 3.63) is 243 Å². The smallest absolute Gasteiger partial charge is 0.238 e. The van der Waals surface area contributed by atoms with Crippen LogP contribution in [0.25, 0.3) is 128 Å². The van der Waals surface area contributed by atoms with Crippen molar-refractivity contribution >= 4 is 65.4 Å². The van der Waals surface area contributed by atoms with Gasteiger partial charge in [0.05, 0.1) is 33.1 Å². The maximum absolute atomic E-state index is 5.12. The summed E-state index contributed by atoms with van der Waals surface area (Å²) < 4.78 is 7.07. The molecule has 0 aliphatic rings. The molecule has 69 heavy (non-hydrogen) atoms. The van der Waals surface area contributed by atoms with Gasteiger partial charge in [-0.25, -0.2) is 4.98 Å². The standard InChI is InChI=1S/C63H40N6/c1-5-17-43(18-6-1)61-64-62(44-19-7-2-8-20-44)66-63(65-61)69-56-28-16-14-26-50(56)53-39-45(34-38-58(53)69)41-29-31-42(32-30-41)46-33-37-57-54(40-46)52-36-35-51-49-25-13-15-27-55(49)67(47-21-9-3-10-22-47)59(51)60(52)68(57)48-23-11-4-12-24-48/h1-40H. The van der Waals surface area contributed by atoms with Gasteiger partial charge in [0.15, 0.2) is 11.6 Å². The number of nitrogens with zero attached hydrogens (tertiary/aromatic N) is 6. The largest absolute Gasteiger partial charge is 0.307 e. The number of para-hydroxylation sites is 4. The van der Waals surface area contributed by atoms with Crippen molar-refractivity contribution in [2.45, 2.75) is 0 Å². The van der Waals surface area contributed by atoms with Gasteiger partial charge in [-0.15, -0.1) is 0 Å². The van der Waals surface area contributed by atoms with Gasteiger partial charge in [-0.1, -0.05) is 182 Å². The van der Waals surface area contributed by atoms with Gasteiger partial charge in [0.25, 0.3) is 0 Å². The van der Waals surface area contributed by atoms with E-state index in [0.717, 1.165) is 61.0 Å². The van der Waals surface area contributed by atoms with Gasteiger partial charge in [-0.05, 0) is 82.9 Å². The molecule has 0 saturated heterocycles. The van der Waals surface area contributed by atoms with E-state index in [1.807, 2.05) is 60.7 Å². The molecular weight excluding hydrogens is 841 g/mol. The van der Waals surface area contributed by atoms with Crippen molar-refractivity contribution in [3.63, 3.8) is 0 Å². The van der Waals surface area contributed by atoms with Crippen LogP contribution in [0.4, 0.5) is 0 Å². The van der Waals surface area contributed by atoms with Crippen molar-refractivity contribution in [2.24, 2.45) is 0 Å². The molecule has 0 unspecified atom stereocenters. The van der Waals surface area contributed by atoms with Gasteiger partial charge < -0.3 is 9.13 Å². The highest BCUT2D eigenvalue weighted by Gasteiger charge is 2.22. The fraction of sp³-hybridized carbons (Fsp3) is 0. The van der Waals surface area contributed by atoms with Gasteiger partial charge in [0, 0.05) is 54.8 Å². The molecule has 6 nitrogen and oxygen atoms in total. The highest BCUT2D eigenvalue weighted by atomic mass is 15.2. The van der Waals surface area contributed by atoms with Gasteiger partial charge in [-0.3, -0.25) is 4.57 Å². The van der Waals surface area contributed by atoms with E-state index in [1.165, 1.54) is 49.2 Å². The molecule has 0 radical (unpaired) electrons. The van der Waals surface area contributed by atoms with Crippen molar-refractivity contribution in [1.29, 1.82) is 0 Å². The Kier molecular flexibility index (Phi) is 8.79. The second-order valence-corrected chi connectivity index (χ2v) is 17.6. The molecule has 0 aliphatic carbocycles. The Hall–Kier alpha value is -9.39. The highest BCUT2D eigenvalue weighted by molar-refractivity contribution is 6.24. The van der Waals surface area contributed by atoms with Gasteiger partial charge in [0.1, 0.15) is 0 Å². The fourth-order valence-corrected chi connectivity index (χ4v) is 10.5. The molecular formula is C63H40N6. The number of benzene rings is 10. The van der Waals surface area contributed by atoms with Crippen molar-refractivity contribution in [2.75, 3.05) is 0 Å². The summed E-state index contributed by atoms with van der Waals surface area (Å²) in [5, 5.41) is 7.19. The number of hydrogen-bond donors (Lipinski definition) is 0. The minimum Gasteiger partial charge on any atom is -0.307 e. The highest BCUT2D eigenvalue weighted by Crippen LogP contribution is 2.43. The molecule has 6 heteroatoms. The van der Waals surface area contributed by atoms with E-state index >= 15 is 0 Å². The Morgan fingerprint density at radius 2 is 0.594 bits per heavy atom. The summed E-state index contributed by atoms with van der Waals surface area (Å²) >= 11 is 0. The normalized spacial score (nSPS) is 11.8. The zero-order chi connectivity index (χ0) is 45.4. The maximum atomic E-state index is 5.12. The lowest BCUT2D eigenvalue weighted by molar-refractivity contribution is 0.953. The summed E-state index contributed by atoms with van der Waals surface area (Å²) in [5.41, 5.74) is 15.6. The summed E-state index contributed by atoms with van der Waals surface area (Å²) in [6.45, 7) is 0. The van der Waals surface area contributed by atoms with E-state index in [4.69, 9.17) is 15.0 Å². The first-order valence-corrected chi connectivity index (χ1v) is 23.4. The summed E-state index contributed by atoms with van der Waals surface area (Å²) in [6.07, 6.45) is 0. The predicted molar refractivity (Wildman–Crippen MR) is 285 cm³/mol. The molecule has 0 fully saturated rings. The van der Waals surface area contributed by atoms with Crippen LogP contribution in [0.5, 0.6) is 0 Å². The van der Waals surface area contributed by atoms with Crippen molar-refractivity contribution < 1.29 is 0 Å². The zero-order valence-electron chi connectivity index (χ0n) is 37.3. The van der Waals surface area contributed by atoms with Crippen molar-refractivity contribution in [3.8, 4) is 62.4 Å². The van der Waals surface area contributed by atoms with E-state index in [9.17, 15) is 0 Å². The molecule has 14 aromatic rings. The lowest BCUT2D eigenvalue weighted by Crippen LogP contribution is -2.06. The third-order valence-electron chi connectivity index (χ3n) is 13.7. The molecule has 4 heterocycles. The van der Waals surface area contributed by atoms with Crippen LogP contribution >= 0.6 is 0 Å². The Labute approximate surface area is 397 Å². The minimum atomic E-state index is 0.581. The lowest BCUT2D eigenvalue weighted by Gasteiger charge is -2.12. The number of rotatable bonds is 7. The average Bonchev–Trinajstić information content (AvgIpc) is 4.07. The monoisotopic (exact) mass is 880 g/mol. The van der Waals surface area contributed by atoms with Gasteiger partial charge in [-0.2, -0.15) is 9.97 Å². The van der Waals surface area contributed by atoms with Crippen LogP contribution in [0.2, 0.25) is 0 Å². The second kappa shape index (κ2) is 15.6. The topological polar surface area (TPSA) is 53.5 Å². The molecule has 4 aromatic heterocycles. The lowest BCUT2D eigenvalue weighted by atomic mass is 9.98. The fourth-order valence-electron chi connectivity index (χ4n) is 10.5. The first-order valence-electron chi connectivity index (χ1n) is 23.4. The molecule has 0 bridgehead atoms. The predicted octanol–water partition coefficient (Wildman–Crippen LogP) is 15.8. The van der Waals surface area contributed by atoms with Crippen molar-refractivity contribution in [1.82, 2.24) is 28.7 Å². The molecule has 10 aromatic carbocycles. The SMILES string of the molecule is c1ccc(-c2nc(-c3ccccc3)nc(-n3c4ccccc4c4cc(-c5ccc(-c6ccc7c(c6)c6ccc8c9ccccc9n(-c9ccccc9)c8c6n7-c6ccccc6)cc5)ccc43)n2)cc1. The third kappa shape index (κ3) is 6.23. The van der Waals surface area contributed by atoms with Crippen LogP contribution in [0, 0.1) is 0 Å². The average molecular weight is 881 g/mol. The second-order valence-electron chi connectivity index (χ2n) is 17.6. The zero-order valence-corrected chi connectivity index (χ0v) is 37.3. The third-order valence-corrected chi connectivity index (χ3v) is 13.7. The van der Waals surface area contributed by atoms with E-state index in [1.54, 1.807) is 0 Å². The summed E-state index contributed by atoms with van der Waals surface area (Å²) in [6, 6.07) is 86.4. The number of hydrogen-bond acceptors (Lipinski definition) is 3. The Morgan fingerprint density at radius 1 is 0.232 bits per heavy atom. The van der Waals surface area contributed by atoms with E-state index < -0.39 is 0 Å². The quantitative estimate of drug-likeness (QED) is 0.160. The Balaban J connectivity index is 0.890. The summed E-state index contributed by atoms with van der Waals surface area (Å²) in [5.74, 6) is 1.85. The Bertz CT molecular complexity index is 4210. The van der Waals surface area contributed by atoms with Crippen LogP contribution in [0.1, 0.15) is 0 Å². The Morgan fingerprint density at radius 3 is 1.10 bits per heavy atom. The summed E-state index contributed by atoms with van der Waals surface area (Å²) in [4.78, 5) is 15.2. The molecule has 0 spiro atoms. The maximum Gasteiger partial charge on any atom is 0.238 e. The van der Waals surface area contributed by atoms with Crippen LogP contribution in [-0.4, -0.2) is 28.7 Å². The summed E-state index contributed by atoms with van der Waals surface area (Å²) in [7, 11) is 0. The van der Waals surface area contributed by atoms with Crippen LogP contribution in [0.3, 0.4) is 0 Å². The van der Waals surface area contributed by atoms with E-state index in [-0.39, 0.29) is 0 Å². The first kappa shape index (κ1) is 38.8. The van der Waals surface area contributed by atoms with E-state index in [0.29, 0.717) is 17.6 Å². The molecule has 322 valence electrons. The van der Waals surface area contributed by atoms with Gasteiger partial charge in [0.2, 0.25) is 5.95 Å². The van der Waals surface area contributed by atoms with Gasteiger partial charge >= 0.3 is 0 Å². The molecule has 0 aliphatic heterocycles. The molecule has 0 N–H and O–H groups in total. The van der Waals surface area contributed by atoms with Crippen LogP contribution in [0.15, 0.2) is 243 Å². The van der Waals surface area contributed by atoms with Crippen LogP contribution < -0.4 is 0 Å². The van der Waals surface area contributed by atoms with Crippen LogP contribution in [-0.2, 0) is 0 Å². The molecule has 14 rings (SSSR count).